The van der Waals surface area contributed by atoms with Gasteiger partial charge in [-0.3, -0.25) is 4.79 Å². The standard InChI is InChI=1S/C6H11O2P/c7-6(8)4-2-1-3-5(4)9/h4-5H,1-3,9H2,(H,7,8). The van der Waals surface area contributed by atoms with Gasteiger partial charge in [0.25, 0.3) is 0 Å². The molecule has 0 amide bonds. The molecule has 0 aromatic rings. The maximum absolute atomic E-state index is 10.4. The summed E-state index contributed by atoms with van der Waals surface area (Å²) >= 11 is 0. The highest BCUT2D eigenvalue weighted by atomic mass is 31.0. The summed E-state index contributed by atoms with van der Waals surface area (Å²) in [6.45, 7) is 0. The molecule has 0 aliphatic heterocycles. The molecule has 3 unspecified atom stereocenters. The van der Waals surface area contributed by atoms with Crippen molar-refractivity contribution >= 4 is 15.2 Å². The number of rotatable bonds is 1. The minimum Gasteiger partial charge on any atom is -0.481 e. The number of hydrogen-bond acceptors (Lipinski definition) is 1. The Bertz CT molecular complexity index is 124. The molecular weight excluding hydrogens is 135 g/mol. The van der Waals surface area contributed by atoms with Gasteiger partial charge < -0.3 is 5.11 Å². The van der Waals surface area contributed by atoms with Crippen molar-refractivity contribution in [1.82, 2.24) is 0 Å². The van der Waals surface area contributed by atoms with E-state index in [1.807, 2.05) is 0 Å². The third-order valence-corrected chi connectivity index (χ3v) is 2.68. The molecule has 52 valence electrons. The molecule has 3 atom stereocenters. The summed E-state index contributed by atoms with van der Waals surface area (Å²) < 4.78 is 0. The van der Waals surface area contributed by atoms with Crippen LogP contribution in [0.2, 0.25) is 0 Å². The van der Waals surface area contributed by atoms with E-state index in [9.17, 15) is 4.79 Å². The molecule has 3 heteroatoms. The molecule has 0 heterocycles. The molecule has 0 radical (unpaired) electrons. The summed E-state index contributed by atoms with van der Waals surface area (Å²) in [7, 11) is 2.60. The molecule has 1 saturated carbocycles. The Kier molecular flexibility index (Phi) is 2.07. The lowest BCUT2D eigenvalue weighted by atomic mass is 10.1. The highest BCUT2D eigenvalue weighted by Gasteiger charge is 2.29. The Morgan fingerprint density at radius 1 is 1.56 bits per heavy atom. The average Bonchev–Trinajstić information content (AvgIpc) is 2.13. The van der Waals surface area contributed by atoms with Crippen LogP contribution in [0.15, 0.2) is 0 Å². The van der Waals surface area contributed by atoms with Crippen molar-refractivity contribution in [3.8, 4) is 0 Å². The molecule has 1 aliphatic carbocycles. The summed E-state index contributed by atoms with van der Waals surface area (Å²) in [4.78, 5) is 10.4. The van der Waals surface area contributed by atoms with E-state index < -0.39 is 5.97 Å². The quantitative estimate of drug-likeness (QED) is 0.563. The summed E-state index contributed by atoms with van der Waals surface area (Å²) in [6.07, 6.45) is 3.00. The Morgan fingerprint density at radius 3 is 2.44 bits per heavy atom. The fraction of sp³-hybridized carbons (Fsp3) is 0.833. The first-order valence-corrected chi connectivity index (χ1v) is 3.87. The molecule has 0 saturated heterocycles. The van der Waals surface area contributed by atoms with E-state index in [1.54, 1.807) is 0 Å². The van der Waals surface area contributed by atoms with E-state index in [4.69, 9.17) is 5.11 Å². The van der Waals surface area contributed by atoms with E-state index in [2.05, 4.69) is 9.24 Å². The summed E-state index contributed by atoms with van der Waals surface area (Å²) in [5.74, 6) is -0.720. The van der Waals surface area contributed by atoms with Gasteiger partial charge in [0.15, 0.2) is 0 Å². The van der Waals surface area contributed by atoms with Gasteiger partial charge in [-0.25, -0.2) is 0 Å². The predicted molar refractivity (Wildman–Crippen MR) is 38.5 cm³/mol. The molecule has 0 aromatic heterocycles. The zero-order valence-electron chi connectivity index (χ0n) is 5.21. The van der Waals surface area contributed by atoms with Crippen molar-refractivity contribution in [2.24, 2.45) is 5.92 Å². The van der Waals surface area contributed by atoms with Gasteiger partial charge in [-0.05, 0) is 18.5 Å². The van der Waals surface area contributed by atoms with Gasteiger partial charge in [0.1, 0.15) is 0 Å². The lowest BCUT2D eigenvalue weighted by molar-refractivity contribution is -0.141. The van der Waals surface area contributed by atoms with Gasteiger partial charge in [0, 0.05) is 0 Å². The van der Waals surface area contributed by atoms with E-state index >= 15 is 0 Å². The van der Waals surface area contributed by atoms with Crippen LogP contribution in [-0.4, -0.2) is 16.7 Å². The van der Waals surface area contributed by atoms with E-state index in [0.717, 1.165) is 19.3 Å². The molecule has 1 aliphatic rings. The van der Waals surface area contributed by atoms with Gasteiger partial charge in [0.2, 0.25) is 0 Å². The molecule has 1 fully saturated rings. The van der Waals surface area contributed by atoms with Crippen LogP contribution >= 0.6 is 9.24 Å². The van der Waals surface area contributed by atoms with Crippen molar-refractivity contribution in [3.63, 3.8) is 0 Å². The largest absolute Gasteiger partial charge is 0.481 e. The second-order valence-corrected chi connectivity index (χ2v) is 3.40. The first-order valence-electron chi connectivity index (χ1n) is 3.20. The second-order valence-electron chi connectivity index (χ2n) is 2.54. The van der Waals surface area contributed by atoms with E-state index in [0.29, 0.717) is 5.66 Å². The van der Waals surface area contributed by atoms with Crippen LogP contribution in [0.3, 0.4) is 0 Å². The second kappa shape index (κ2) is 2.66. The lowest BCUT2D eigenvalue weighted by Gasteiger charge is -2.07. The zero-order valence-corrected chi connectivity index (χ0v) is 6.36. The van der Waals surface area contributed by atoms with Crippen molar-refractivity contribution in [2.45, 2.75) is 24.9 Å². The zero-order chi connectivity index (χ0) is 6.85. The van der Waals surface area contributed by atoms with E-state index in [1.165, 1.54) is 0 Å². The molecule has 1 rings (SSSR count). The van der Waals surface area contributed by atoms with Gasteiger partial charge >= 0.3 is 5.97 Å². The Hall–Kier alpha value is -0.100. The van der Waals surface area contributed by atoms with E-state index in [-0.39, 0.29) is 5.92 Å². The molecule has 1 N–H and O–H groups in total. The topological polar surface area (TPSA) is 37.3 Å². The molecule has 9 heavy (non-hydrogen) atoms. The number of carboxylic acids is 1. The monoisotopic (exact) mass is 146 g/mol. The minimum atomic E-state index is -0.632. The summed E-state index contributed by atoms with van der Waals surface area (Å²) in [6, 6.07) is 0. The first-order chi connectivity index (χ1) is 4.22. The number of carboxylic acid groups (broad SMARTS) is 1. The van der Waals surface area contributed by atoms with Gasteiger partial charge in [-0.1, -0.05) is 6.42 Å². The minimum absolute atomic E-state index is 0.0880. The molecule has 2 nitrogen and oxygen atoms in total. The van der Waals surface area contributed by atoms with Crippen LogP contribution in [0.5, 0.6) is 0 Å². The van der Waals surface area contributed by atoms with Gasteiger partial charge in [-0.2, -0.15) is 0 Å². The normalized spacial score (nSPS) is 34.8. The predicted octanol–water partition coefficient (Wildman–Crippen LogP) is 1.11. The first kappa shape index (κ1) is 7.01. The Balaban J connectivity index is 2.49. The van der Waals surface area contributed by atoms with Crippen molar-refractivity contribution in [1.29, 1.82) is 0 Å². The van der Waals surface area contributed by atoms with Crippen molar-refractivity contribution < 1.29 is 9.90 Å². The number of hydrogen-bond donors (Lipinski definition) is 1. The Morgan fingerprint density at radius 2 is 2.22 bits per heavy atom. The fourth-order valence-corrected chi connectivity index (χ4v) is 1.89. The Labute approximate surface area is 56.8 Å². The third-order valence-electron chi connectivity index (χ3n) is 1.89. The lowest BCUT2D eigenvalue weighted by Crippen LogP contribution is -2.17. The van der Waals surface area contributed by atoms with Crippen LogP contribution in [0.1, 0.15) is 19.3 Å². The van der Waals surface area contributed by atoms with Crippen LogP contribution in [-0.2, 0) is 4.79 Å². The molecular formula is C6H11O2P. The third kappa shape index (κ3) is 1.42. The maximum Gasteiger partial charge on any atom is 0.307 e. The fourth-order valence-electron chi connectivity index (χ4n) is 1.30. The van der Waals surface area contributed by atoms with Crippen LogP contribution in [0.4, 0.5) is 0 Å². The van der Waals surface area contributed by atoms with Crippen LogP contribution in [0, 0.1) is 5.92 Å². The number of aliphatic carboxylic acids is 1. The smallest absolute Gasteiger partial charge is 0.307 e. The highest BCUT2D eigenvalue weighted by molar-refractivity contribution is 7.17. The summed E-state index contributed by atoms with van der Waals surface area (Å²) in [5.41, 5.74) is 0.322. The highest BCUT2D eigenvalue weighted by Crippen LogP contribution is 2.31. The molecule has 0 aromatic carbocycles. The van der Waals surface area contributed by atoms with Gasteiger partial charge in [0.05, 0.1) is 5.92 Å². The number of carbonyl (C=O) groups is 1. The van der Waals surface area contributed by atoms with Crippen LogP contribution in [0.25, 0.3) is 0 Å². The van der Waals surface area contributed by atoms with Gasteiger partial charge in [-0.15, -0.1) is 9.24 Å². The van der Waals surface area contributed by atoms with Crippen molar-refractivity contribution in [3.05, 3.63) is 0 Å². The average molecular weight is 146 g/mol. The van der Waals surface area contributed by atoms with Crippen molar-refractivity contribution in [2.75, 3.05) is 0 Å². The maximum atomic E-state index is 10.4. The summed E-state index contributed by atoms with van der Waals surface area (Å²) in [5, 5.41) is 8.57. The van der Waals surface area contributed by atoms with Crippen LogP contribution < -0.4 is 0 Å². The molecule has 0 spiro atoms. The molecule has 0 bridgehead atoms. The SMILES string of the molecule is O=C(O)C1CCCC1P.